The van der Waals surface area contributed by atoms with Crippen LogP contribution in [0.5, 0.6) is 5.75 Å². The summed E-state index contributed by atoms with van der Waals surface area (Å²) in [5.41, 5.74) is 3.84. The van der Waals surface area contributed by atoms with Gasteiger partial charge in [-0.15, -0.1) is 11.3 Å². The Labute approximate surface area is 210 Å². The maximum Gasteiger partial charge on any atom is 0.226 e. The third kappa shape index (κ3) is 4.20. The van der Waals surface area contributed by atoms with E-state index in [0.717, 1.165) is 49.1 Å². The quantitative estimate of drug-likeness (QED) is 0.534. The van der Waals surface area contributed by atoms with E-state index in [1.54, 1.807) is 19.4 Å². The summed E-state index contributed by atoms with van der Waals surface area (Å²) in [5.74, 6) is 1.66. The SMILES string of the molecule is CON=C1CC(CCC(=O)Nc2ncc(C)s2)C2C3CCc4cc(O)c(C#N)cc4C3CCC12C. The van der Waals surface area contributed by atoms with E-state index < -0.39 is 0 Å². The Morgan fingerprint density at radius 1 is 1.43 bits per heavy atom. The number of phenolic OH excluding ortho intramolecular Hbond substituents is 1. The van der Waals surface area contributed by atoms with Gasteiger partial charge in [0.1, 0.15) is 18.9 Å². The Bertz CT molecular complexity index is 1220. The lowest BCUT2D eigenvalue weighted by molar-refractivity contribution is -0.116. The molecule has 5 unspecified atom stereocenters. The number of amides is 1. The Kier molecular flexibility index (Phi) is 6.30. The van der Waals surface area contributed by atoms with Crippen molar-refractivity contribution in [1.29, 1.82) is 5.26 Å². The van der Waals surface area contributed by atoms with E-state index in [2.05, 4.69) is 28.4 Å². The van der Waals surface area contributed by atoms with Crippen LogP contribution < -0.4 is 5.32 Å². The van der Waals surface area contributed by atoms with Gasteiger partial charge in [-0.25, -0.2) is 4.98 Å². The number of aromatic nitrogens is 1. The summed E-state index contributed by atoms with van der Waals surface area (Å²) in [4.78, 5) is 23.3. The summed E-state index contributed by atoms with van der Waals surface area (Å²) < 4.78 is 0. The van der Waals surface area contributed by atoms with Crippen LogP contribution >= 0.6 is 11.3 Å². The van der Waals surface area contributed by atoms with Gasteiger partial charge in [0.15, 0.2) is 5.13 Å². The van der Waals surface area contributed by atoms with Crippen LogP contribution in [0.4, 0.5) is 5.13 Å². The molecule has 2 aromatic rings. The molecule has 0 saturated heterocycles. The highest BCUT2D eigenvalue weighted by atomic mass is 32.1. The lowest BCUT2D eigenvalue weighted by atomic mass is 9.54. The predicted octanol–water partition coefficient (Wildman–Crippen LogP) is 5.53. The van der Waals surface area contributed by atoms with Crippen LogP contribution in [0.1, 0.15) is 72.9 Å². The van der Waals surface area contributed by atoms with Crippen molar-refractivity contribution < 1.29 is 14.7 Å². The minimum Gasteiger partial charge on any atom is -0.507 e. The zero-order chi connectivity index (χ0) is 24.7. The fraction of sp³-hybridized carbons (Fsp3) is 0.556. The molecule has 2 N–H and O–H groups in total. The van der Waals surface area contributed by atoms with Crippen molar-refractivity contribution in [2.45, 2.75) is 64.7 Å². The molecule has 5 rings (SSSR count). The van der Waals surface area contributed by atoms with E-state index in [4.69, 9.17) is 4.84 Å². The van der Waals surface area contributed by atoms with Crippen molar-refractivity contribution in [2.24, 2.45) is 28.3 Å². The number of oxime groups is 1. The summed E-state index contributed by atoms with van der Waals surface area (Å²) >= 11 is 1.49. The number of carbonyl (C=O) groups excluding carboxylic acids is 1. The van der Waals surface area contributed by atoms with Crippen molar-refractivity contribution in [1.82, 2.24) is 4.98 Å². The Hall–Kier alpha value is -2.92. The standard InChI is InChI=1S/C27H32N4O3S/c1-15-14-29-26(35-15)30-24(33)7-5-17-12-23(31-34-3)27(2)9-8-19-20(25(17)27)6-4-16-11-22(32)18(13-28)10-21(16)19/h10-11,14,17,19-20,25,32H,4-9,12H2,1-3H3,(H,29,30,33). The van der Waals surface area contributed by atoms with E-state index in [9.17, 15) is 15.2 Å². The average Bonchev–Trinajstić information content (AvgIpc) is 3.37. The van der Waals surface area contributed by atoms with Crippen LogP contribution in [0.25, 0.3) is 0 Å². The molecule has 3 aliphatic carbocycles. The minimum atomic E-state index is -0.0444. The molecule has 2 saturated carbocycles. The molecule has 0 bridgehead atoms. The minimum absolute atomic E-state index is 0.00803. The summed E-state index contributed by atoms with van der Waals surface area (Å²) in [6.07, 6.45) is 7.86. The van der Waals surface area contributed by atoms with E-state index in [-0.39, 0.29) is 17.1 Å². The fourth-order valence-corrected chi connectivity index (χ4v) is 7.89. The largest absolute Gasteiger partial charge is 0.507 e. The molecule has 7 nitrogen and oxygen atoms in total. The van der Waals surface area contributed by atoms with Crippen molar-refractivity contribution in [3.05, 3.63) is 39.9 Å². The van der Waals surface area contributed by atoms with E-state index >= 15 is 0 Å². The number of carbonyl (C=O) groups is 1. The van der Waals surface area contributed by atoms with Gasteiger partial charge in [0, 0.05) is 22.9 Å². The average molecular weight is 493 g/mol. The first-order valence-electron chi connectivity index (χ1n) is 12.4. The molecule has 8 heteroatoms. The predicted molar refractivity (Wildman–Crippen MR) is 135 cm³/mol. The fourth-order valence-electron chi connectivity index (χ4n) is 7.21. The maximum absolute atomic E-state index is 12.7. The number of aryl methyl sites for hydroxylation is 2. The molecule has 3 aliphatic rings. The number of aromatic hydroxyl groups is 1. The van der Waals surface area contributed by atoms with Crippen molar-refractivity contribution in [3.63, 3.8) is 0 Å². The molecule has 2 fully saturated rings. The molecule has 184 valence electrons. The number of fused-ring (bicyclic) bond motifs is 5. The second-order valence-electron chi connectivity index (χ2n) is 10.5. The number of hydrogen-bond donors (Lipinski definition) is 2. The van der Waals surface area contributed by atoms with Crippen molar-refractivity contribution in [2.75, 3.05) is 12.4 Å². The summed E-state index contributed by atoms with van der Waals surface area (Å²) in [6.45, 7) is 4.31. The number of nitrogens with one attached hydrogen (secondary N) is 1. The molecule has 0 spiro atoms. The van der Waals surface area contributed by atoms with Crippen LogP contribution in [-0.4, -0.2) is 28.8 Å². The highest BCUT2D eigenvalue weighted by molar-refractivity contribution is 7.15. The highest BCUT2D eigenvalue weighted by Crippen LogP contribution is 2.62. The first-order chi connectivity index (χ1) is 16.8. The zero-order valence-corrected chi connectivity index (χ0v) is 21.3. The molecule has 0 radical (unpaired) electrons. The van der Waals surface area contributed by atoms with Crippen LogP contribution in [-0.2, 0) is 16.1 Å². The molecular weight excluding hydrogens is 460 g/mol. The number of thiazole rings is 1. The Morgan fingerprint density at radius 2 is 2.26 bits per heavy atom. The van der Waals surface area contributed by atoms with Gasteiger partial charge in [-0.2, -0.15) is 5.26 Å². The van der Waals surface area contributed by atoms with E-state index in [1.807, 2.05) is 13.0 Å². The topological polar surface area (TPSA) is 108 Å². The van der Waals surface area contributed by atoms with Gasteiger partial charge in [-0.1, -0.05) is 12.1 Å². The monoisotopic (exact) mass is 492 g/mol. The van der Waals surface area contributed by atoms with Crippen LogP contribution in [0.2, 0.25) is 0 Å². The second kappa shape index (κ2) is 9.27. The molecule has 1 aromatic heterocycles. The van der Waals surface area contributed by atoms with Crippen molar-refractivity contribution >= 4 is 28.1 Å². The highest BCUT2D eigenvalue weighted by Gasteiger charge is 2.57. The van der Waals surface area contributed by atoms with Gasteiger partial charge >= 0.3 is 0 Å². The number of hydrogen-bond acceptors (Lipinski definition) is 7. The van der Waals surface area contributed by atoms with Crippen LogP contribution in [0.15, 0.2) is 23.5 Å². The number of nitriles is 1. The molecule has 1 aromatic carbocycles. The number of rotatable bonds is 5. The van der Waals surface area contributed by atoms with Gasteiger partial charge in [0.05, 0.1) is 11.3 Å². The van der Waals surface area contributed by atoms with Crippen molar-refractivity contribution in [3.8, 4) is 11.8 Å². The number of nitrogens with zero attached hydrogens (tertiary/aromatic N) is 3. The first kappa shape index (κ1) is 23.8. The molecule has 0 aliphatic heterocycles. The second-order valence-corrected chi connectivity index (χ2v) is 11.8. The normalized spacial score (nSPS) is 30.2. The van der Waals surface area contributed by atoms with Crippen LogP contribution in [0.3, 0.4) is 0 Å². The first-order valence-corrected chi connectivity index (χ1v) is 13.2. The van der Waals surface area contributed by atoms with Crippen LogP contribution in [0, 0.1) is 41.4 Å². The molecule has 5 atom stereocenters. The number of anilines is 1. The molecule has 35 heavy (non-hydrogen) atoms. The molecule has 1 amide bonds. The Balaban J connectivity index is 1.40. The summed E-state index contributed by atoms with van der Waals surface area (Å²) in [6, 6.07) is 5.86. The van der Waals surface area contributed by atoms with Gasteiger partial charge in [-0.05, 0) is 92.4 Å². The number of phenols is 1. The summed E-state index contributed by atoms with van der Waals surface area (Å²) in [5, 5.41) is 27.8. The van der Waals surface area contributed by atoms with Gasteiger partial charge < -0.3 is 15.3 Å². The third-order valence-corrected chi connectivity index (χ3v) is 9.48. The van der Waals surface area contributed by atoms with Gasteiger partial charge in [0.2, 0.25) is 5.91 Å². The van der Waals surface area contributed by atoms with E-state index in [0.29, 0.717) is 40.8 Å². The van der Waals surface area contributed by atoms with Gasteiger partial charge in [0.25, 0.3) is 0 Å². The smallest absolute Gasteiger partial charge is 0.226 e. The lowest BCUT2D eigenvalue weighted by Crippen LogP contribution is -2.44. The zero-order valence-electron chi connectivity index (χ0n) is 20.5. The third-order valence-electron chi connectivity index (χ3n) is 8.65. The maximum atomic E-state index is 12.7. The van der Waals surface area contributed by atoms with Gasteiger partial charge in [-0.3, -0.25) is 4.79 Å². The Morgan fingerprint density at radius 3 is 2.97 bits per heavy atom. The van der Waals surface area contributed by atoms with E-state index in [1.165, 1.54) is 22.5 Å². The number of benzene rings is 1. The molecular formula is C27H32N4O3S. The molecule has 1 heterocycles. The lowest BCUT2D eigenvalue weighted by Gasteiger charge is -2.50. The summed E-state index contributed by atoms with van der Waals surface area (Å²) in [7, 11) is 1.61.